The number of sulfonamides is 1. The zero-order chi connectivity index (χ0) is 16.9. The molecule has 0 saturated carbocycles. The van der Waals surface area contributed by atoms with Gasteiger partial charge < -0.3 is 9.47 Å². The maximum atomic E-state index is 12.6. The number of benzene rings is 1. The van der Waals surface area contributed by atoms with Crippen LogP contribution in [0.15, 0.2) is 27.6 Å². The minimum atomic E-state index is -3.94. The number of carbonyl (C=O) groups excluding carboxylic acids is 1. The summed E-state index contributed by atoms with van der Waals surface area (Å²) in [7, 11) is -1.33. The van der Waals surface area contributed by atoms with Crippen molar-refractivity contribution >= 4 is 31.9 Å². The Bertz CT molecular complexity index is 632. The first-order chi connectivity index (χ1) is 10.3. The van der Waals surface area contributed by atoms with Gasteiger partial charge in [-0.15, -0.1) is 0 Å². The fourth-order valence-corrected chi connectivity index (χ4v) is 3.85. The highest BCUT2D eigenvalue weighted by molar-refractivity contribution is 9.10. The normalized spacial score (nSPS) is 14.2. The molecule has 0 heterocycles. The molecule has 0 aromatic heterocycles. The quantitative estimate of drug-likeness (QED) is 0.718. The Balaban J connectivity index is 3.23. The van der Waals surface area contributed by atoms with E-state index < -0.39 is 22.0 Å². The highest BCUT2D eigenvalue weighted by Gasteiger charge is 2.31. The van der Waals surface area contributed by atoms with Gasteiger partial charge in [0.05, 0.1) is 14.2 Å². The lowest BCUT2D eigenvalue weighted by Crippen LogP contribution is -2.45. The van der Waals surface area contributed by atoms with E-state index in [1.165, 1.54) is 26.4 Å². The lowest BCUT2D eigenvalue weighted by Gasteiger charge is -2.22. The first-order valence-electron chi connectivity index (χ1n) is 6.70. The second-order valence-electron chi connectivity index (χ2n) is 4.80. The van der Waals surface area contributed by atoms with Crippen molar-refractivity contribution in [2.75, 3.05) is 14.2 Å². The van der Waals surface area contributed by atoms with E-state index in [1.807, 2.05) is 6.92 Å². The fourth-order valence-electron chi connectivity index (χ4n) is 1.85. The lowest BCUT2D eigenvalue weighted by atomic mass is 10.0. The van der Waals surface area contributed by atoms with Crippen molar-refractivity contribution in [3.8, 4) is 5.75 Å². The van der Waals surface area contributed by atoms with E-state index in [2.05, 4.69) is 20.7 Å². The highest BCUT2D eigenvalue weighted by Crippen LogP contribution is 2.28. The maximum Gasteiger partial charge on any atom is 0.324 e. The Hall–Kier alpha value is -1.12. The molecule has 1 rings (SSSR count). The predicted molar refractivity (Wildman–Crippen MR) is 86.3 cm³/mol. The van der Waals surface area contributed by atoms with Crippen molar-refractivity contribution in [2.24, 2.45) is 5.92 Å². The summed E-state index contributed by atoms with van der Waals surface area (Å²) in [6.45, 7) is 3.65. The molecule has 0 aliphatic heterocycles. The number of ether oxygens (including phenoxy) is 2. The Morgan fingerprint density at radius 1 is 1.36 bits per heavy atom. The third kappa shape index (κ3) is 4.44. The summed E-state index contributed by atoms with van der Waals surface area (Å²) in [5, 5.41) is 0. The number of nitrogens with one attached hydrogen (secondary N) is 1. The Morgan fingerprint density at radius 3 is 2.50 bits per heavy atom. The highest BCUT2D eigenvalue weighted by atomic mass is 79.9. The van der Waals surface area contributed by atoms with Crippen LogP contribution in [-0.2, 0) is 19.6 Å². The Morgan fingerprint density at radius 2 is 2.00 bits per heavy atom. The van der Waals surface area contributed by atoms with Crippen molar-refractivity contribution in [3.05, 3.63) is 22.7 Å². The summed E-state index contributed by atoms with van der Waals surface area (Å²) < 4.78 is 38.0. The lowest BCUT2D eigenvalue weighted by molar-refractivity contribution is -0.143. The third-order valence-electron chi connectivity index (χ3n) is 3.37. The van der Waals surface area contributed by atoms with E-state index in [-0.39, 0.29) is 16.6 Å². The smallest absolute Gasteiger partial charge is 0.324 e. The molecule has 1 N–H and O–H groups in total. The van der Waals surface area contributed by atoms with Gasteiger partial charge in [0.15, 0.2) is 0 Å². The number of carbonyl (C=O) groups is 1. The van der Waals surface area contributed by atoms with Crippen LogP contribution >= 0.6 is 15.9 Å². The SMILES string of the molecule is CC[C@H](C)[C@H](NS(=O)(=O)c1cc(Br)ccc1OC)C(=O)OC. The topological polar surface area (TPSA) is 81.7 Å². The molecule has 0 amide bonds. The van der Waals surface area contributed by atoms with E-state index in [0.717, 1.165) is 0 Å². The monoisotopic (exact) mass is 393 g/mol. The molecule has 0 bridgehead atoms. The molecule has 0 aliphatic rings. The van der Waals surface area contributed by atoms with E-state index in [4.69, 9.17) is 9.47 Å². The molecule has 1 aromatic carbocycles. The molecular formula is C14H20BrNO5S. The summed E-state index contributed by atoms with van der Waals surface area (Å²) in [4.78, 5) is 11.8. The first kappa shape index (κ1) is 18.9. The third-order valence-corrected chi connectivity index (χ3v) is 5.32. The van der Waals surface area contributed by atoms with Crippen molar-refractivity contribution in [3.63, 3.8) is 0 Å². The summed E-state index contributed by atoms with van der Waals surface area (Å²) in [6, 6.07) is 3.68. The van der Waals surface area contributed by atoms with Crippen LogP contribution in [0.4, 0.5) is 0 Å². The number of methoxy groups -OCH3 is 2. The van der Waals surface area contributed by atoms with E-state index in [1.54, 1.807) is 13.0 Å². The molecule has 0 spiro atoms. The van der Waals surface area contributed by atoms with E-state index in [9.17, 15) is 13.2 Å². The van der Waals surface area contributed by atoms with Crippen LogP contribution in [0.1, 0.15) is 20.3 Å². The van der Waals surface area contributed by atoms with Crippen molar-refractivity contribution in [1.29, 1.82) is 0 Å². The van der Waals surface area contributed by atoms with Crippen LogP contribution in [0.5, 0.6) is 5.75 Å². The largest absolute Gasteiger partial charge is 0.495 e. The fraction of sp³-hybridized carbons (Fsp3) is 0.500. The van der Waals surface area contributed by atoms with Gasteiger partial charge in [-0.1, -0.05) is 36.2 Å². The van der Waals surface area contributed by atoms with E-state index in [0.29, 0.717) is 10.9 Å². The van der Waals surface area contributed by atoms with Crippen LogP contribution in [0.25, 0.3) is 0 Å². The molecule has 2 atom stereocenters. The molecule has 124 valence electrons. The molecule has 0 unspecified atom stereocenters. The van der Waals surface area contributed by atoms with Gasteiger partial charge in [0, 0.05) is 4.47 Å². The van der Waals surface area contributed by atoms with Gasteiger partial charge >= 0.3 is 5.97 Å². The minimum absolute atomic E-state index is 0.0402. The molecule has 0 aliphatic carbocycles. The zero-order valence-electron chi connectivity index (χ0n) is 12.9. The number of esters is 1. The first-order valence-corrected chi connectivity index (χ1v) is 8.98. The van der Waals surface area contributed by atoms with Gasteiger partial charge in [-0.3, -0.25) is 4.79 Å². The van der Waals surface area contributed by atoms with E-state index >= 15 is 0 Å². The Kier molecular flexibility index (Phi) is 6.83. The summed E-state index contributed by atoms with van der Waals surface area (Å²) >= 11 is 3.23. The Labute approximate surface area is 139 Å². The number of hydrogen-bond donors (Lipinski definition) is 1. The molecular weight excluding hydrogens is 374 g/mol. The van der Waals surface area contributed by atoms with Crippen LogP contribution in [0.3, 0.4) is 0 Å². The van der Waals surface area contributed by atoms with Gasteiger partial charge in [-0.2, -0.15) is 4.72 Å². The molecule has 0 radical (unpaired) electrons. The zero-order valence-corrected chi connectivity index (χ0v) is 15.3. The average Bonchev–Trinajstić information content (AvgIpc) is 2.51. The van der Waals surface area contributed by atoms with Crippen molar-refractivity contribution < 1.29 is 22.7 Å². The molecule has 8 heteroatoms. The van der Waals surface area contributed by atoms with Crippen molar-refractivity contribution in [2.45, 2.75) is 31.2 Å². The molecule has 0 saturated heterocycles. The van der Waals surface area contributed by atoms with Gasteiger partial charge in [0.25, 0.3) is 0 Å². The van der Waals surface area contributed by atoms with Gasteiger partial charge in [-0.05, 0) is 24.1 Å². The van der Waals surface area contributed by atoms with Gasteiger partial charge in [-0.25, -0.2) is 8.42 Å². The number of rotatable bonds is 7. The molecule has 1 aromatic rings. The van der Waals surface area contributed by atoms with Crippen LogP contribution < -0.4 is 9.46 Å². The van der Waals surface area contributed by atoms with Crippen LogP contribution in [0.2, 0.25) is 0 Å². The van der Waals surface area contributed by atoms with Gasteiger partial charge in [0.2, 0.25) is 10.0 Å². The summed E-state index contributed by atoms with van der Waals surface area (Å²) in [5.41, 5.74) is 0. The second kappa shape index (κ2) is 7.94. The minimum Gasteiger partial charge on any atom is -0.495 e. The predicted octanol–water partition coefficient (Wildman–Crippen LogP) is 2.32. The molecule has 22 heavy (non-hydrogen) atoms. The standard InChI is InChI=1S/C14H20BrNO5S/c1-5-9(2)13(14(17)21-4)16-22(18,19)12-8-10(15)6-7-11(12)20-3/h6-9,13,16H,5H2,1-4H3/t9-,13-/m0/s1. The number of hydrogen-bond acceptors (Lipinski definition) is 5. The van der Waals surface area contributed by atoms with Gasteiger partial charge in [0.1, 0.15) is 16.7 Å². The van der Waals surface area contributed by atoms with Crippen LogP contribution in [-0.4, -0.2) is 34.6 Å². The van der Waals surface area contributed by atoms with Crippen LogP contribution in [0, 0.1) is 5.92 Å². The molecule has 0 fully saturated rings. The molecule has 6 nitrogen and oxygen atoms in total. The number of halogens is 1. The summed E-state index contributed by atoms with van der Waals surface area (Å²) in [5.74, 6) is -0.629. The van der Waals surface area contributed by atoms with Crippen molar-refractivity contribution in [1.82, 2.24) is 4.72 Å². The maximum absolute atomic E-state index is 12.6. The average molecular weight is 394 g/mol. The second-order valence-corrected chi connectivity index (χ2v) is 7.40. The summed E-state index contributed by atoms with van der Waals surface area (Å²) in [6.07, 6.45) is 0.623.